The highest BCUT2D eigenvalue weighted by molar-refractivity contribution is 4.91. The fourth-order valence-electron chi connectivity index (χ4n) is 2.15. The average Bonchev–Trinajstić information content (AvgIpc) is 2.12. The summed E-state index contributed by atoms with van der Waals surface area (Å²) in [6, 6.07) is 0.232. The summed E-state index contributed by atoms with van der Waals surface area (Å²) in [7, 11) is 0. The monoisotopic (exact) mass is 238 g/mol. The van der Waals surface area contributed by atoms with Crippen LogP contribution in [0.4, 0.5) is 13.2 Å². The first-order chi connectivity index (χ1) is 7.23. The van der Waals surface area contributed by atoms with E-state index in [1.807, 2.05) is 25.7 Å². The summed E-state index contributed by atoms with van der Waals surface area (Å²) in [5.74, 6) is 0. The molecule has 0 radical (unpaired) electrons. The molecule has 96 valence electrons. The van der Waals surface area contributed by atoms with Gasteiger partial charge in [-0.05, 0) is 20.3 Å². The van der Waals surface area contributed by atoms with Gasteiger partial charge < -0.3 is 5.32 Å². The number of halogens is 3. The molecule has 16 heavy (non-hydrogen) atoms. The minimum Gasteiger partial charge on any atom is -0.309 e. The molecule has 0 aromatic heterocycles. The molecule has 1 atom stereocenters. The summed E-state index contributed by atoms with van der Waals surface area (Å²) in [5.41, 5.74) is -0.0860. The Kier molecular flexibility index (Phi) is 4.23. The Bertz CT molecular complexity index is 226. The second kappa shape index (κ2) is 4.92. The number of alkyl halides is 3. The fourth-order valence-corrected chi connectivity index (χ4v) is 2.15. The van der Waals surface area contributed by atoms with E-state index >= 15 is 0 Å². The molecule has 0 bridgehead atoms. The third-order valence-electron chi connectivity index (χ3n) is 3.08. The zero-order valence-electron chi connectivity index (χ0n) is 10.2. The Balaban J connectivity index is 2.52. The molecule has 0 aromatic rings. The van der Waals surface area contributed by atoms with Gasteiger partial charge in [0.05, 0.1) is 6.42 Å². The van der Waals surface area contributed by atoms with Crippen molar-refractivity contribution in [1.82, 2.24) is 10.2 Å². The Morgan fingerprint density at radius 1 is 1.38 bits per heavy atom. The second-order valence-corrected chi connectivity index (χ2v) is 5.16. The number of hydrogen-bond acceptors (Lipinski definition) is 2. The van der Waals surface area contributed by atoms with E-state index in [4.69, 9.17) is 0 Å². The van der Waals surface area contributed by atoms with Crippen molar-refractivity contribution in [1.29, 1.82) is 0 Å². The predicted octanol–water partition coefficient (Wildman–Crippen LogP) is 2.40. The molecule has 0 aliphatic carbocycles. The van der Waals surface area contributed by atoms with Crippen LogP contribution in [0, 0.1) is 0 Å². The quantitative estimate of drug-likeness (QED) is 0.812. The normalized spacial score (nSPS) is 27.0. The molecular weight excluding hydrogens is 217 g/mol. The van der Waals surface area contributed by atoms with E-state index in [0.717, 1.165) is 13.0 Å². The zero-order valence-corrected chi connectivity index (χ0v) is 10.2. The Labute approximate surface area is 95.2 Å². The molecule has 1 saturated heterocycles. The predicted molar refractivity (Wildman–Crippen MR) is 58.4 cm³/mol. The van der Waals surface area contributed by atoms with Crippen LogP contribution in [0.25, 0.3) is 0 Å². The highest BCUT2D eigenvalue weighted by atomic mass is 19.4. The van der Waals surface area contributed by atoms with Crippen molar-refractivity contribution in [2.75, 3.05) is 19.6 Å². The highest BCUT2D eigenvalue weighted by Gasteiger charge is 2.34. The lowest BCUT2D eigenvalue weighted by Gasteiger charge is -2.44. The Hall–Kier alpha value is -0.290. The lowest BCUT2D eigenvalue weighted by Crippen LogP contribution is -2.61. The first-order valence-corrected chi connectivity index (χ1v) is 5.79. The summed E-state index contributed by atoms with van der Waals surface area (Å²) in [4.78, 5) is 1.96. The van der Waals surface area contributed by atoms with E-state index < -0.39 is 12.6 Å². The molecule has 1 N–H and O–H groups in total. The van der Waals surface area contributed by atoms with Crippen LogP contribution in [0.1, 0.15) is 33.6 Å². The third-order valence-corrected chi connectivity index (χ3v) is 3.08. The maximum absolute atomic E-state index is 12.2. The molecule has 2 nitrogen and oxygen atoms in total. The topological polar surface area (TPSA) is 15.3 Å². The van der Waals surface area contributed by atoms with E-state index in [9.17, 15) is 13.2 Å². The van der Waals surface area contributed by atoms with Gasteiger partial charge in [-0.1, -0.05) is 6.92 Å². The highest BCUT2D eigenvalue weighted by Crippen LogP contribution is 2.23. The second-order valence-electron chi connectivity index (χ2n) is 5.16. The molecule has 0 saturated carbocycles. The van der Waals surface area contributed by atoms with Crippen LogP contribution < -0.4 is 5.32 Å². The van der Waals surface area contributed by atoms with Crippen LogP contribution in [-0.4, -0.2) is 42.3 Å². The van der Waals surface area contributed by atoms with Gasteiger partial charge in [0.15, 0.2) is 0 Å². The van der Waals surface area contributed by atoms with Crippen LogP contribution in [0.3, 0.4) is 0 Å². The van der Waals surface area contributed by atoms with Gasteiger partial charge in [-0.25, -0.2) is 0 Å². The maximum atomic E-state index is 12.2. The number of nitrogens with one attached hydrogen (secondary N) is 1. The molecule has 1 heterocycles. The molecule has 1 rings (SSSR count). The molecule has 5 heteroatoms. The van der Waals surface area contributed by atoms with E-state index in [0.29, 0.717) is 6.54 Å². The molecule has 0 spiro atoms. The van der Waals surface area contributed by atoms with Crippen LogP contribution >= 0.6 is 0 Å². The minimum absolute atomic E-state index is 0.0860. The van der Waals surface area contributed by atoms with Crippen LogP contribution in [0.2, 0.25) is 0 Å². The van der Waals surface area contributed by atoms with Crippen LogP contribution in [0.5, 0.6) is 0 Å². The number of nitrogens with zero attached hydrogens (tertiary/aromatic N) is 1. The van der Waals surface area contributed by atoms with Crippen molar-refractivity contribution in [2.45, 2.75) is 51.4 Å². The van der Waals surface area contributed by atoms with Crippen LogP contribution in [0.15, 0.2) is 0 Å². The standard InChI is InChI=1S/C11H21F3N2/c1-4-9-7-15-10(2,3)8-16(9)6-5-11(12,13)14/h9,15H,4-8H2,1-3H3. The van der Waals surface area contributed by atoms with E-state index in [1.54, 1.807) is 0 Å². The summed E-state index contributed by atoms with van der Waals surface area (Å²) < 4.78 is 36.6. The maximum Gasteiger partial charge on any atom is 0.390 e. The van der Waals surface area contributed by atoms with Crippen molar-refractivity contribution in [2.24, 2.45) is 0 Å². The molecular formula is C11H21F3N2. The number of rotatable bonds is 3. The van der Waals surface area contributed by atoms with Crippen molar-refractivity contribution < 1.29 is 13.2 Å². The average molecular weight is 238 g/mol. The fraction of sp³-hybridized carbons (Fsp3) is 1.00. The van der Waals surface area contributed by atoms with E-state index in [-0.39, 0.29) is 18.1 Å². The largest absolute Gasteiger partial charge is 0.390 e. The Morgan fingerprint density at radius 3 is 2.50 bits per heavy atom. The molecule has 1 aliphatic rings. The molecule has 0 amide bonds. The molecule has 1 unspecified atom stereocenters. The summed E-state index contributed by atoms with van der Waals surface area (Å²) in [6.45, 7) is 7.65. The van der Waals surface area contributed by atoms with E-state index in [2.05, 4.69) is 5.32 Å². The summed E-state index contributed by atoms with van der Waals surface area (Å²) in [6.07, 6.45) is -3.87. The number of piperazine rings is 1. The minimum atomic E-state index is -4.05. The lowest BCUT2D eigenvalue weighted by molar-refractivity contribution is -0.140. The van der Waals surface area contributed by atoms with Gasteiger partial charge in [0.1, 0.15) is 0 Å². The van der Waals surface area contributed by atoms with Gasteiger partial charge in [-0.15, -0.1) is 0 Å². The van der Waals surface area contributed by atoms with Crippen molar-refractivity contribution in [3.05, 3.63) is 0 Å². The van der Waals surface area contributed by atoms with Gasteiger partial charge in [0.2, 0.25) is 0 Å². The zero-order chi connectivity index (χ0) is 12.4. The Morgan fingerprint density at radius 2 is 2.00 bits per heavy atom. The molecule has 1 aliphatic heterocycles. The molecule has 1 fully saturated rings. The molecule has 0 aromatic carbocycles. The third kappa shape index (κ3) is 4.29. The van der Waals surface area contributed by atoms with Gasteiger partial charge >= 0.3 is 6.18 Å². The van der Waals surface area contributed by atoms with Gasteiger partial charge in [-0.3, -0.25) is 4.90 Å². The first-order valence-electron chi connectivity index (χ1n) is 5.79. The van der Waals surface area contributed by atoms with Gasteiger partial charge in [0.25, 0.3) is 0 Å². The number of hydrogen-bond donors (Lipinski definition) is 1. The lowest BCUT2D eigenvalue weighted by atomic mass is 9.97. The van der Waals surface area contributed by atoms with Crippen molar-refractivity contribution in [3.63, 3.8) is 0 Å². The van der Waals surface area contributed by atoms with E-state index in [1.165, 1.54) is 0 Å². The summed E-state index contributed by atoms with van der Waals surface area (Å²) in [5, 5.41) is 3.36. The summed E-state index contributed by atoms with van der Waals surface area (Å²) >= 11 is 0. The van der Waals surface area contributed by atoms with Crippen LogP contribution in [-0.2, 0) is 0 Å². The SMILES string of the molecule is CCC1CNC(C)(C)CN1CCC(F)(F)F. The first kappa shape index (κ1) is 13.8. The van der Waals surface area contributed by atoms with Crippen molar-refractivity contribution in [3.8, 4) is 0 Å². The smallest absolute Gasteiger partial charge is 0.309 e. The van der Waals surface area contributed by atoms with Gasteiger partial charge in [0, 0.05) is 31.2 Å². The van der Waals surface area contributed by atoms with Crippen molar-refractivity contribution >= 4 is 0 Å². The van der Waals surface area contributed by atoms with Gasteiger partial charge in [-0.2, -0.15) is 13.2 Å².